The predicted octanol–water partition coefficient (Wildman–Crippen LogP) is 3.38. The molecule has 0 aliphatic heterocycles. The molecule has 0 amide bonds. The number of hydrogen-bond acceptors (Lipinski definition) is 3. The van der Waals surface area contributed by atoms with Gasteiger partial charge < -0.3 is 15.9 Å². The van der Waals surface area contributed by atoms with Crippen LogP contribution < -0.4 is 5.73 Å². The summed E-state index contributed by atoms with van der Waals surface area (Å²) in [7, 11) is 0. The summed E-state index contributed by atoms with van der Waals surface area (Å²) in [5.41, 5.74) is 2.16. The molecule has 1 aromatic carbocycles. The summed E-state index contributed by atoms with van der Waals surface area (Å²) in [6, 6.07) is -1.14. The number of benzene rings is 1. The molecule has 0 spiro atoms. The maximum absolute atomic E-state index is 13.6. The molecule has 4 N–H and O–H groups in total. The Morgan fingerprint density at radius 2 is 2.05 bits per heavy atom. The molecule has 0 saturated carbocycles. The van der Waals surface area contributed by atoms with E-state index < -0.39 is 46.7 Å². The van der Waals surface area contributed by atoms with Crippen molar-refractivity contribution in [3.05, 3.63) is 28.0 Å². The predicted molar refractivity (Wildman–Crippen MR) is 68.7 cm³/mol. The number of phenolic OH excluding ortho intramolecular Hbond substituents is 1. The number of halogens is 5. The largest absolute Gasteiger partial charge is 0.506 e. The highest BCUT2D eigenvalue weighted by molar-refractivity contribution is 6.32. The molecule has 1 aromatic rings. The van der Waals surface area contributed by atoms with Crippen LogP contribution >= 0.6 is 11.6 Å². The minimum absolute atomic E-state index is 0.0744. The quantitative estimate of drug-likeness (QED) is 0.693. The number of fused-ring (bicyclic) bond motifs is 1. The van der Waals surface area contributed by atoms with Crippen LogP contribution in [0.25, 0.3) is 0 Å². The van der Waals surface area contributed by atoms with Crippen molar-refractivity contribution in [2.75, 3.05) is 0 Å². The van der Waals surface area contributed by atoms with Crippen molar-refractivity contribution < 1.29 is 27.8 Å². The van der Waals surface area contributed by atoms with Crippen molar-refractivity contribution in [2.45, 2.75) is 43.5 Å². The van der Waals surface area contributed by atoms with Gasteiger partial charge in [-0.3, -0.25) is 0 Å². The Morgan fingerprint density at radius 3 is 2.52 bits per heavy atom. The summed E-state index contributed by atoms with van der Waals surface area (Å²) in [5.74, 6) is -2.52. The third-order valence-electron chi connectivity index (χ3n) is 4.07. The fourth-order valence-corrected chi connectivity index (χ4v) is 2.99. The van der Waals surface area contributed by atoms with Crippen LogP contribution in [-0.4, -0.2) is 22.0 Å². The van der Waals surface area contributed by atoms with Crippen molar-refractivity contribution in [1.29, 1.82) is 0 Å². The summed E-state index contributed by atoms with van der Waals surface area (Å²) in [4.78, 5) is 0. The van der Waals surface area contributed by atoms with E-state index in [1.165, 1.54) is 0 Å². The molecule has 0 aromatic heterocycles. The van der Waals surface area contributed by atoms with Crippen LogP contribution in [0.1, 0.15) is 42.9 Å². The first-order valence-corrected chi connectivity index (χ1v) is 6.67. The van der Waals surface area contributed by atoms with Gasteiger partial charge in [0.2, 0.25) is 0 Å². The van der Waals surface area contributed by atoms with E-state index in [0.717, 1.165) is 6.07 Å². The summed E-state index contributed by atoms with van der Waals surface area (Å²) >= 11 is 5.60. The summed E-state index contributed by atoms with van der Waals surface area (Å²) < 4.78 is 53.1. The zero-order valence-corrected chi connectivity index (χ0v) is 11.8. The van der Waals surface area contributed by atoms with Gasteiger partial charge in [-0.2, -0.15) is 13.2 Å². The molecule has 0 radical (unpaired) electrons. The van der Waals surface area contributed by atoms with Gasteiger partial charge in [-0.15, -0.1) is 0 Å². The van der Waals surface area contributed by atoms with Crippen molar-refractivity contribution in [1.82, 2.24) is 0 Å². The number of hydrogen-bond donors (Lipinski definition) is 3. The lowest BCUT2D eigenvalue weighted by Gasteiger charge is -2.43. The van der Waals surface area contributed by atoms with Crippen LogP contribution in [0.3, 0.4) is 0 Å². The fraction of sp³-hybridized carbons (Fsp3) is 0.538. The molecule has 1 aliphatic rings. The smallest absolute Gasteiger partial charge is 0.419 e. The van der Waals surface area contributed by atoms with Gasteiger partial charge in [0.1, 0.15) is 16.6 Å². The second kappa shape index (κ2) is 5.00. The molecule has 2 rings (SSSR count). The molecule has 21 heavy (non-hydrogen) atoms. The van der Waals surface area contributed by atoms with E-state index in [1.807, 2.05) is 0 Å². The standard InChI is InChI=1S/C13H14ClF4NO2/c1-2-5-4-12(21,13(16,17)18)11(19)6-3-7(15)9(14)10(20)8(5)6/h3,5,11,20-21H,2,4,19H2,1H3/t5-,11+,12-/m1/s1. The van der Waals surface area contributed by atoms with E-state index >= 15 is 0 Å². The zero-order valence-electron chi connectivity index (χ0n) is 11.0. The lowest BCUT2D eigenvalue weighted by molar-refractivity contribution is -0.275. The average Bonchev–Trinajstić information content (AvgIpc) is 2.39. The van der Waals surface area contributed by atoms with E-state index in [-0.39, 0.29) is 17.5 Å². The van der Waals surface area contributed by atoms with Gasteiger partial charge in [-0.1, -0.05) is 18.5 Å². The van der Waals surface area contributed by atoms with Crippen LogP contribution in [0.15, 0.2) is 6.07 Å². The van der Waals surface area contributed by atoms with Gasteiger partial charge in [-0.05, 0) is 30.4 Å². The van der Waals surface area contributed by atoms with Gasteiger partial charge in [-0.25, -0.2) is 4.39 Å². The molecular weight excluding hydrogens is 314 g/mol. The number of aromatic hydroxyl groups is 1. The first kappa shape index (κ1) is 16.3. The number of rotatable bonds is 1. The Bertz CT molecular complexity index is 578. The third-order valence-corrected chi connectivity index (χ3v) is 4.42. The lowest BCUT2D eigenvalue weighted by atomic mass is 9.69. The van der Waals surface area contributed by atoms with Crippen molar-refractivity contribution in [3.8, 4) is 5.75 Å². The van der Waals surface area contributed by atoms with Crippen LogP contribution in [0.4, 0.5) is 17.6 Å². The molecule has 0 unspecified atom stereocenters. The van der Waals surface area contributed by atoms with E-state index in [4.69, 9.17) is 17.3 Å². The Balaban J connectivity index is 2.71. The molecule has 1 aliphatic carbocycles. The van der Waals surface area contributed by atoms with Crippen molar-refractivity contribution >= 4 is 11.6 Å². The fourth-order valence-electron chi connectivity index (χ4n) is 2.83. The molecular formula is C13H14ClF4NO2. The van der Waals surface area contributed by atoms with Crippen LogP contribution in [0.5, 0.6) is 5.75 Å². The molecule has 0 saturated heterocycles. The summed E-state index contributed by atoms with van der Waals surface area (Å²) in [6.07, 6.45) is -5.48. The van der Waals surface area contributed by atoms with E-state index in [2.05, 4.69) is 0 Å². The monoisotopic (exact) mass is 327 g/mol. The Hall–Kier alpha value is -1.05. The highest BCUT2D eigenvalue weighted by Gasteiger charge is 2.61. The SMILES string of the molecule is CC[C@@H]1C[C@](O)(C(F)(F)F)[C@@H](N)c2cc(F)c(Cl)c(O)c21. The average molecular weight is 328 g/mol. The topological polar surface area (TPSA) is 66.5 Å². The highest BCUT2D eigenvalue weighted by Crippen LogP contribution is 2.54. The first-order chi connectivity index (χ1) is 9.54. The number of phenols is 1. The summed E-state index contributed by atoms with van der Waals surface area (Å²) in [6.45, 7) is 1.60. The molecule has 0 heterocycles. The van der Waals surface area contributed by atoms with E-state index in [0.29, 0.717) is 0 Å². The van der Waals surface area contributed by atoms with Crippen molar-refractivity contribution in [2.24, 2.45) is 5.73 Å². The maximum Gasteiger partial charge on any atom is 0.419 e. The van der Waals surface area contributed by atoms with E-state index in [1.54, 1.807) is 6.92 Å². The summed E-state index contributed by atoms with van der Waals surface area (Å²) in [5, 5.41) is 19.4. The third kappa shape index (κ3) is 2.27. The van der Waals surface area contributed by atoms with Crippen LogP contribution in [-0.2, 0) is 0 Å². The van der Waals surface area contributed by atoms with Gasteiger partial charge in [0.05, 0.1) is 6.04 Å². The normalized spacial score (nSPS) is 29.3. The lowest BCUT2D eigenvalue weighted by Crippen LogP contribution is -2.56. The van der Waals surface area contributed by atoms with Crippen LogP contribution in [0.2, 0.25) is 5.02 Å². The Labute approximate surface area is 123 Å². The molecule has 8 heteroatoms. The number of aliphatic hydroxyl groups is 1. The van der Waals surface area contributed by atoms with Gasteiger partial charge >= 0.3 is 6.18 Å². The van der Waals surface area contributed by atoms with Gasteiger partial charge in [0, 0.05) is 5.56 Å². The Morgan fingerprint density at radius 1 is 1.48 bits per heavy atom. The molecule has 3 nitrogen and oxygen atoms in total. The molecule has 0 bridgehead atoms. The minimum Gasteiger partial charge on any atom is -0.506 e. The minimum atomic E-state index is -4.97. The number of nitrogens with two attached hydrogens (primary N) is 1. The Kier molecular flexibility index (Phi) is 3.89. The van der Waals surface area contributed by atoms with Crippen LogP contribution in [0, 0.1) is 5.82 Å². The molecule has 3 atom stereocenters. The number of alkyl halides is 3. The second-order valence-electron chi connectivity index (χ2n) is 5.23. The van der Waals surface area contributed by atoms with Gasteiger partial charge in [0.25, 0.3) is 0 Å². The molecule has 118 valence electrons. The van der Waals surface area contributed by atoms with Crippen molar-refractivity contribution in [3.63, 3.8) is 0 Å². The maximum atomic E-state index is 13.6. The first-order valence-electron chi connectivity index (χ1n) is 6.30. The zero-order chi connectivity index (χ0) is 16.2. The van der Waals surface area contributed by atoms with E-state index in [9.17, 15) is 27.8 Å². The highest BCUT2D eigenvalue weighted by atomic mass is 35.5. The van der Waals surface area contributed by atoms with Gasteiger partial charge in [0.15, 0.2) is 5.60 Å². The molecule has 0 fully saturated rings. The second-order valence-corrected chi connectivity index (χ2v) is 5.61.